The van der Waals surface area contributed by atoms with Gasteiger partial charge in [-0.25, -0.2) is 0 Å². The van der Waals surface area contributed by atoms with E-state index in [0.717, 1.165) is 17.1 Å². The first-order valence-electron chi connectivity index (χ1n) is 22.2. The van der Waals surface area contributed by atoms with Crippen molar-refractivity contribution in [2.24, 2.45) is 0 Å². The van der Waals surface area contributed by atoms with Crippen molar-refractivity contribution < 1.29 is 0 Å². The number of anilines is 3. The van der Waals surface area contributed by atoms with Crippen molar-refractivity contribution in [3.63, 3.8) is 0 Å². The number of hydrogen-bond acceptors (Lipinski definition) is 1. The van der Waals surface area contributed by atoms with Gasteiger partial charge in [0.25, 0.3) is 0 Å². The van der Waals surface area contributed by atoms with Crippen molar-refractivity contribution in [1.29, 1.82) is 0 Å². The fraction of sp³-hybridized carbons (Fsp3) is 0.0645. The zero-order chi connectivity index (χ0) is 41.9. The first-order chi connectivity index (χ1) is 31.0. The van der Waals surface area contributed by atoms with Crippen LogP contribution in [0.1, 0.15) is 47.2 Å². The second kappa shape index (κ2) is 13.4. The molecule has 1 unspecified atom stereocenters. The van der Waals surface area contributed by atoms with Crippen LogP contribution in [-0.2, 0) is 10.8 Å². The first kappa shape index (κ1) is 36.0. The van der Waals surface area contributed by atoms with E-state index in [1.807, 2.05) is 0 Å². The number of fused-ring (bicyclic) bond motifs is 16. The van der Waals surface area contributed by atoms with Crippen LogP contribution in [0, 0.1) is 0 Å². The Bertz CT molecular complexity index is 3480. The molecule has 1 atom stereocenters. The van der Waals surface area contributed by atoms with Crippen molar-refractivity contribution in [2.75, 3.05) is 4.90 Å². The van der Waals surface area contributed by atoms with Crippen molar-refractivity contribution in [2.45, 2.75) is 24.7 Å². The third kappa shape index (κ3) is 5.05. The molecule has 0 saturated carbocycles. The monoisotopic (exact) mass is 801 g/mol. The van der Waals surface area contributed by atoms with Crippen molar-refractivity contribution >= 4 is 27.8 Å². The molecule has 0 radical (unpaired) electrons. The molecule has 3 aliphatic carbocycles. The molecule has 0 bridgehead atoms. The molecule has 1 heteroatoms. The quantitative estimate of drug-likeness (QED) is 0.171. The van der Waals surface area contributed by atoms with Gasteiger partial charge in [0.1, 0.15) is 0 Å². The van der Waals surface area contributed by atoms with Crippen LogP contribution < -0.4 is 4.90 Å². The molecule has 0 amide bonds. The summed E-state index contributed by atoms with van der Waals surface area (Å²) in [5, 5.41) is 2.51. The first-order valence-corrected chi connectivity index (χ1v) is 22.2. The lowest BCUT2D eigenvalue weighted by Gasteiger charge is -2.36. The van der Waals surface area contributed by atoms with Crippen LogP contribution in [0.25, 0.3) is 66.4 Å². The molecule has 0 N–H and O–H groups in total. The molecule has 0 aromatic heterocycles. The maximum absolute atomic E-state index is 2.54. The van der Waals surface area contributed by atoms with Gasteiger partial charge in [0, 0.05) is 22.5 Å². The summed E-state index contributed by atoms with van der Waals surface area (Å²) in [6, 6.07) is 84.4. The van der Waals surface area contributed by atoms with Crippen LogP contribution >= 0.6 is 0 Å². The van der Waals surface area contributed by atoms with E-state index < -0.39 is 5.41 Å². The van der Waals surface area contributed by atoms with Crippen LogP contribution in [0.2, 0.25) is 0 Å². The summed E-state index contributed by atoms with van der Waals surface area (Å²) in [6.45, 7) is 4.75. The predicted octanol–water partition coefficient (Wildman–Crippen LogP) is 16.3. The molecule has 13 rings (SSSR count). The SMILES string of the molecule is CC1(C)c2ccccc2-c2ccc(N(c3ccc(-c4ccccc4)cc3)c3ccc4c(c3)C3(c5ccccc5-c5ccccc5-4)c4ccccc4-c4cc5ccccc5cc43)cc21. The molecular weight excluding hydrogens is 759 g/mol. The molecule has 0 saturated heterocycles. The summed E-state index contributed by atoms with van der Waals surface area (Å²) >= 11 is 0. The average Bonchev–Trinajstić information content (AvgIpc) is 3.71. The van der Waals surface area contributed by atoms with Gasteiger partial charge in [-0.05, 0) is 148 Å². The lowest BCUT2D eigenvalue weighted by molar-refractivity contribution is 0.660. The molecule has 10 aromatic carbocycles. The van der Waals surface area contributed by atoms with E-state index >= 15 is 0 Å². The molecule has 0 aliphatic heterocycles. The van der Waals surface area contributed by atoms with Gasteiger partial charge in [0.05, 0.1) is 5.41 Å². The maximum Gasteiger partial charge on any atom is 0.0726 e. The Hall–Kier alpha value is -7.74. The number of nitrogens with zero attached hydrogens (tertiary/aromatic N) is 1. The Balaban J connectivity index is 1.12. The molecule has 63 heavy (non-hydrogen) atoms. The summed E-state index contributed by atoms with van der Waals surface area (Å²) in [6.07, 6.45) is 0. The summed E-state index contributed by atoms with van der Waals surface area (Å²) in [5.41, 5.74) is 23.3. The maximum atomic E-state index is 2.54. The second-order valence-corrected chi connectivity index (χ2v) is 18.0. The highest BCUT2D eigenvalue weighted by atomic mass is 15.1. The molecule has 10 aromatic rings. The Morgan fingerprint density at radius 1 is 0.270 bits per heavy atom. The van der Waals surface area contributed by atoms with Crippen molar-refractivity contribution in [1.82, 2.24) is 0 Å². The van der Waals surface area contributed by atoms with Crippen LogP contribution in [0.3, 0.4) is 0 Å². The van der Waals surface area contributed by atoms with Crippen LogP contribution in [0.5, 0.6) is 0 Å². The largest absolute Gasteiger partial charge is 0.310 e. The Morgan fingerprint density at radius 2 is 0.683 bits per heavy atom. The summed E-state index contributed by atoms with van der Waals surface area (Å²) < 4.78 is 0. The topological polar surface area (TPSA) is 3.24 Å². The Morgan fingerprint density at radius 3 is 1.32 bits per heavy atom. The van der Waals surface area contributed by atoms with Gasteiger partial charge in [0.15, 0.2) is 0 Å². The molecule has 0 heterocycles. The van der Waals surface area contributed by atoms with E-state index in [2.05, 4.69) is 243 Å². The van der Waals surface area contributed by atoms with Crippen LogP contribution in [-0.4, -0.2) is 0 Å². The smallest absolute Gasteiger partial charge is 0.0726 e. The molecule has 3 aliphatic rings. The summed E-state index contributed by atoms with van der Waals surface area (Å²) in [4.78, 5) is 2.49. The van der Waals surface area contributed by atoms with Gasteiger partial charge in [-0.1, -0.05) is 190 Å². The highest BCUT2D eigenvalue weighted by molar-refractivity contribution is 6.01. The number of hydrogen-bond donors (Lipinski definition) is 0. The average molecular weight is 802 g/mol. The molecule has 1 spiro atoms. The van der Waals surface area contributed by atoms with Gasteiger partial charge in [-0.15, -0.1) is 0 Å². The third-order valence-electron chi connectivity index (χ3n) is 14.5. The zero-order valence-electron chi connectivity index (χ0n) is 35.3. The van der Waals surface area contributed by atoms with E-state index in [1.54, 1.807) is 0 Å². The Kier molecular flexibility index (Phi) is 7.64. The fourth-order valence-corrected chi connectivity index (χ4v) is 11.6. The summed E-state index contributed by atoms with van der Waals surface area (Å²) in [5.74, 6) is 0. The van der Waals surface area contributed by atoms with Crippen LogP contribution in [0.15, 0.2) is 224 Å². The number of benzene rings is 10. The molecule has 296 valence electrons. The van der Waals surface area contributed by atoms with E-state index in [0.29, 0.717) is 0 Å². The van der Waals surface area contributed by atoms with Gasteiger partial charge >= 0.3 is 0 Å². The zero-order valence-corrected chi connectivity index (χ0v) is 35.3. The van der Waals surface area contributed by atoms with Crippen LogP contribution in [0.4, 0.5) is 17.1 Å². The molecular formula is C62H43N. The minimum absolute atomic E-state index is 0.143. The van der Waals surface area contributed by atoms with E-state index in [4.69, 9.17) is 0 Å². The molecule has 0 fully saturated rings. The normalized spacial score (nSPS) is 15.7. The van der Waals surface area contributed by atoms with Crippen molar-refractivity contribution in [3.05, 3.63) is 258 Å². The van der Waals surface area contributed by atoms with E-state index in [-0.39, 0.29) is 5.41 Å². The fourth-order valence-electron chi connectivity index (χ4n) is 11.6. The lowest BCUT2D eigenvalue weighted by atomic mass is 9.65. The Labute approximate surface area is 369 Å². The predicted molar refractivity (Wildman–Crippen MR) is 263 cm³/mol. The second-order valence-electron chi connectivity index (χ2n) is 18.0. The van der Waals surface area contributed by atoms with E-state index in [1.165, 1.54) is 99.8 Å². The highest BCUT2D eigenvalue weighted by Gasteiger charge is 2.50. The third-order valence-corrected chi connectivity index (χ3v) is 14.5. The lowest BCUT2D eigenvalue weighted by Crippen LogP contribution is -2.29. The molecule has 1 nitrogen and oxygen atoms in total. The highest BCUT2D eigenvalue weighted by Crippen LogP contribution is 2.62. The van der Waals surface area contributed by atoms with Gasteiger partial charge in [-0.3, -0.25) is 0 Å². The minimum atomic E-state index is -0.610. The van der Waals surface area contributed by atoms with Gasteiger partial charge in [-0.2, -0.15) is 0 Å². The van der Waals surface area contributed by atoms with Gasteiger partial charge < -0.3 is 4.90 Å². The van der Waals surface area contributed by atoms with Gasteiger partial charge in [0.2, 0.25) is 0 Å². The minimum Gasteiger partial charge on any atom is -0.310 e. The summed E-state index contributed by atoms with van der Waals surface area (Å²) in [7, 11) is 0. The standard InChI is InChI=1S/C62H43N/c1-61(2)55-25-13-10-23-50(55)53-35-33-45(38-58(53)61)63(44-30-28-41(29-31-44)40-16-4-3-5-17-40)46-32-34-52-48-21-9-8-20-47(48)49-22-11-14-26-56(49)62(60(52)39-46)57-27-15-12-24-51(57)54-36-42-18-6-7-19-43(42)37-59(54)62/h3-39H,1-2H3. The van der Waals surface area contributed by atoms with E-state index in [9.17, 15) is 0 Å². The van der Waals surface area contributed by atoms with Crippen molar-refractivity contribution in [3.8, 4) is 55.6 Å². The number of rotatable bonds is 4.